The Kier molecular flexibility index (Phi) is 4.59. The summed E-state index contributed by atoms with van der Waals surface area (Å²) in [4.78, 5) is 29.8. The molecular formula is C25H20N4O2. The van der Waals surface area contributed by atoms with Gasteiger partial charge in [0.15, 0.2) is 5.65 Å². The zero-order chi connectivity index (χ0) is 21.4. The number of hydrogen-bond donors (Lipinski definition) is 1. The number of para-hydroxylation sites is 2. The summed E-state index contributed by atoms with van der Waals surface area (Å²) in [5, 5.41) is 5.12. The van der Waals surface area contributed by atoms with Crippen LogP contribution in [0.2, 0.25) is 0 Å². The molecule has 0 atom stereocenters. The molecule has 5 aromatic rings. The highest BCUT2D eigenvalue weighted by Gasteiger charge is 2.21. The molecule has 0 saturated heterocycles. The summed E-state index contributed by atoms with van der Waals surface area (Å²) in [6, 6.07) is 26.5. The first-order chi connectivity index (χ1) is 15.2. The maximum Gasteiger partial charge on any atom is 0.334 e. The van der Waals surface area contributed by atoms with Crippen LogP contribution in [0, 0.1) is 0 Å². The summed E-state index contributed by atoms with van der Waals surface area (Å²) in [7, 11) is 0. The number of fused-ring (bicyclic) bond motifs is 1. The van der Waals surface area contributed by atoms with Crippen molar-refractivity contribution in [1.82, 2.24) is 19.3 Å². The third kappa shape index (κ3) is 3.09. The summed E-state index contributed by atoms with van der Waals surface area (Å²) >= 11 is 0. The Morgan fingerprint density at radius 2 is 1.48 bits per heavy atom. The van der Waals surface area contributed by atoms with Gasteiger partial charge in [-0.05, 0) is 30.2 Å². The van der Waals surface area contributed by atoms with Crippen molar-refractivity contribution in [3.05, 3.63) is 111 Å². The second-order valence-electron chi connectivity index (χ2n) is 7.24. The summed E-state index contributed by atoms with van der Waals surface area (Å²) in [6.45, 7) is 2.00. The Morgan fingerprint density at radius 3 is 2.19 bits per heavy atom. The number of H-pyrrole nitrogens is 1. The molecule has 0 aliphatic carbocycles. The molecule has 31 heavy (non-hydrogen) atoms. The van der Waals surface area contributed by atoms with Gasteiger partial charge in [0.05, 0.1) is 11.4 Å². The van der Waals surface area contributed by atoms with E-state index in [0.717, 1.165) is 16.8 Å². The quantitative estimate of drug-likeness (QED) is 0.487. The van der Waals surface area contributed by atoms with Gasteiger partial charge in [0.2, 0.25) is 0 Å². The van der Waals surface area contributed by atoms with E-state index in [9.17, 15) is 9.59 Å². The van der Waals surface area contributed by atoms with Crippen molar-refractivity contribution in [2.75, 3.05) is 0 Å². The number of nitrogens with zero attached hydrogens (tertiary/aromatic N) is 3. The first kappa shape index (κ1) is 18.8. The molecule has 0 radical (unpaired) electrons. The third-order valence-electron chi connectivity index (χ3n) is 5.39. The topological polar surface area (TPSA) is 72.7 Å². The van der Waals surface area contributed by atoms with Gasteiger partial charge in [0.1, 0.15) is 11.1 Å². The van der Waals surface area contributed by atoms with Crippen molar-refractivity contribution in [2.45, 2.75) is 13.3 Å². The minimum atomic E-state index is -0.491. The smallest absolute Gasteiger partial charge is 0.291 e. The van der Waals surface area contributed by atoms with Crippen LogP contribution in [-0.2, 0) is 6.42 Å². The van der Waals surface area contributed by atoms with Crippen molar-refractivity contribution in [1.29, 1.82) is 0 Å². The average Bonchev–Trinajstić information content (AvgIpc) is 3.20. The lowest BCUT2D eigenvalue weighted by atomic mass is 10.1. The second kappa shape index (κ2) is 7.57. The van der Waals surface area contributed by atoms with Crippen LogP contribution in [0.4, 0.5) is 0 Å². The Balaban J connectivity index is 1.91. The molecule has 3 aromatic carbocycles. The minimum Gasteiger partial charge on any atom is -0.291 e. The number of hydrogen-bond acceptors (Lipinski definition) is 3. The van der Waals surface area contributed by atoms with E-state index in [0.29, 0.717) is 28.8 Å². The van der Waals surface area contributed by atoms with Gasteiger partial charge in [-0.25, -0.2) is 14.0 Å². The molecule has 0 spiro atoms. The van der Waals surface area contributed by atoms with Crippen LogP contribution >= 0.6 is 0 Å². The first-order valence-corrected chi connectivity index (χ1v) is 10.2. The van der Waals surface area contributed by atoms with E-state index in [4.69, 9.17) is 5.10 Å². The maximum absolute atomic E-state index is 13.7. The molecule has 0 aliphatic heterocycles. The van der Waals surface area contributed by atoms with Crippen LogP contribution in [0.5, 0.6) is 0 Å². The summed E-state index contributed by atoms with van der Waals surface area (Å²) in [6.07, 6.45) is 0.703. The SMILES string of the molecule is CCc1ccccc1-n1c(=O)[nH]c2c(c(-c3ccccc3)nn2-c2ccccc2)c1=O. The number of aromatic nitrogens is 4. The van der Waals surface area contributed by atoms with E-state index in [1.165, 1.54) is 4.57 Å². The third-order valence-corrected chi connectivity index (χ3v) is 5.39. The number of nitrogens with one attached hydrogen (secondary N) is 1. The van der Waals surface area contributed by atoms with E-state index in [2.05, 4.69) is 4.98 Å². The predicted octanol–water partition coefficient (Wildman–Crippen LogP) is 4.09. The van der Waals surface area contributed by atoms with Gasteiger partial charge in [0.25, 0.3) is 5.56 Å². The molecule has 152 valence electrons. The molecule has 0 aliphatic rings. The van der Waals surface area contributed by atoms with Crippen LogP contribution in [0.3, 0.4) is 0 Å². The van der Waals surface area contributed by atoms with Gasteiger partial charge in [-0.15, -0.1) is 0 Å². The standard InChI is InChI=1S/C25H20N4O2/c1-2-17-11-9-10-16-20(17)28-24(30)21-22(18-12-5-3-6-13-18)27-29(23(21)26-25(28)31)19-14-7-4-8-15-19/h3-16H,2H2,1H3,(H,26,31). The molecule has 5 rings (SSSR count). The Hall–Kier alpha value is -4.19. The lowest BCUT2D eigenvalue weighted by molar-refractivity contribution is 0.855. The molecular weight excluding hydrogens is 388 g/mol. The van der Waals surface area contributed by atoms with Gasteiger partial charge in [-0.3, -0.25) is 9.78 Å². The highest BCUT2D eigenvalue weighted by Crippen LogP contribution is 2.26. The van der Waals surface area contributed by atoms with E-state index in [1.807, 2.05) is 85.8 Å². The van der Waals surface area contributed by atoms with Crippen LogP contribution in [0.15, 0.2) is 94.5 Å². The van der Waals surface area contributed by atoms with Crippen LogP contribution < -0.4 is 11.2 Å². The van der Waals surface area contributed by atoms with Crippen molar-refractivity contribution >= 4 is 11.0 Å². The molecule has 0 bridgehead atoms. The highest BCUT2D eigenvalue weighted by atomic mass is 16.2. The number of benzene rings is 3. The molecule has 6 heteroatoms. The average molecular weight is 408 g/mol. The lowest BCUT2D eigenvalue weighted by Gasteiger charge is -2.10. The number of aryl methyl sites for hydroxylation is 1. The Bertz CT molecular complexity index is 1500. The minimum absolute atomic E-state index is 0.376. The van der Waals surface area contributed by atoms with E-state index < -0.39 is 5.69 Å². The molecule has 1 N–H and O–H groups in total. The Morgan fingerprint density at radius 1 is 0.839 bits per heavy atom. The largest absolute Gasteiger partial charge is 0.334 e. The summed E-state index contributed by atoms with van der Waals surface area (Å²) in [5.74, 6) is 0. The van der Waals surface area contributed by atoms with Gasteiger partial charge in [-0.2, -0.15) is 5.10 Å². The zero-order valence-corrected chi connectivity index (χ0v) is 16.9. The van der Waals surface area contributed by atoms with E-state index in [-0.39, 0.29) is 5.56 Å². The van der Waals surface area contributed by atoms with Gasteiger partial charge >= 0.3 is 5.69 Å². The van der Waals surface area contributed by atoms with Crippen molar-refractivity contribution in [3.63, 3.8) is 0 Å². The molecule has 0 saturated carbocycles. The fourth-order valence-corrected chi connectivity index (χ4v) is 3.90. The molecule has 0 unspecified atom stereocenters. The van der Waals surface area contributed by atoms with Crippen molar-refractivity contribution < 1.29 is 0 Å². The summed E-state index contributed by atoms with van der Waals surface area (Å²) < 4.78 is 2.83. The number of aromatic amines is 1. The maximum atomic E-state index is 13.7. The fraction of sp³-hybridized carbons (Fsp3) is 0.0800. The second-order valence-corrected chi connectivity index (χ2v) is 7.24. The Labute approximate surface area is 178 Å². The summed E-state index contributed by atoms with van der Waals surface area (Å²) in [5.41, 5.74) is 3.11. The van der Waals surface area contributed by atoms with Crippen molar-refractivity contribution in [3.8, 4) is 22.6 Å². The molecule has 0 amide bonds. The number of rotatable bonds is 4. The predicted molar refractivity (Wildman–Crippen MR) is 122 cm³/mol. The zero-order valence-electron chi connectivity index (χ0n) is 16.9. The first-order valence-electron chi connectivity index (χ1n) is 10.2. The van der Waals surface area contributed by atoms with Crippen LogP contribution in [-0.4, -0.2) is 19.3 Å². The van der Waals surface area contributed by atoms with E-state index in [1.54, 1.807) is 10.7 Å². The molecule has 2 aromatic heterocycles. The lowest BCUT2D eigenvalue weighted by Crippen LogP contribution is -2.34. The highest BCUT2D eigenvalue weighted by molar-refractivity contribution is 5.91. The van der Waals surface area contributed by atoms with Gasteiger partial charge in [-0.1, -0.05) is 73.7 Å². The molecule has 6 nitrogen and oxygen atoms in total. The van der Waals surface area contributed by atoms with Crippen LogP contribution in [0.25, 0.3) is 33.7 Å². The van der Waals surface area contributed by atoms with Crippen LogP contribution in [0.1, 0.15) is 12.5 Å². The fourth-order valence-electron chi connectivity index (χ4n) is 3.90. The van der Waals surface area contributed by atoms with Gasteiger partial charge < -0.3 is 0 Å². The monoisotopic (exact) mass is 408 g/mol. The molecule has 2 heterocycles. The van der Waals surface area contributed by atoms with Gasteiger partial charge in [0, 0.05) is 5.56 Å². The normalized spacial score (nSPS) is 11.1. The molecule has 0 fully saturated rings. The van der Waals surface area contributed by atoms with Crippen molar-refractivity contribution in [2.24, 2.45) is 0 Å². The van der Waals surface area contributed by atoms with E-state index >= 15 is 0 Å².